The van der Waals surface area contributed by atoms with Crippen LogP contribution < -0.4 is 5.56 Å². The molecule has 0 radical (unpaired) electrons. The van der Waals surface area contributed by atoms with Gasteiger partial charge in [0, 0.05) is 30.8 Å². The van der Waals surface area contributed by atoms with Crippen LogP contribution >= 0.6 is 15.9 Å². The average Bonchev–Trinajstić information content (AvgIpc) is 2.34. The number of nitrogens with zero attached hydrogens (tertiary/aromatic N) is 2. The van der Waals surface area contributed by atoms with Crippen LogP contribution in [0.25, 0.3) is 0 Å². The Hall–Kier alpha value is -1.10. The molecular formula is C13H17BrN2O2. The number of carbonyl (C=O) groups is 1. The molecule has 1 fully saturated rings. The van der Waals surface area contributed by atoms with Gasteiger partial charge >= 0.3 is 0 Å². The van der Waals surface area contributed by atoms with E-state index in [-0.39, 0.29) is 17.0 Å². The third kappa shape index (κ3) is 2.66. The van der Waals surface area contributed by atoms with Crippen molar-refractivity contribution >= 4 is 21.8 Å². The van der Waals surface area contributed by atoms with Crippen LogP contribution in [0.15, 0.2) is 21.5 Å². The van der Waals surface area contributed by atoms with Crippen molar-refractivity contribution in [1.82, 2.24) is 9.47 Å². The number of hydrogen-bond acceptors (Lipinski definition) is 2. The molecule has 0 bridgehead atoms. The second-order valence-electron chi connectivity index (χ2n) is 4.96. The lowest BCUT2D eigenvalue weighted by atomic mass is 9.99. The molecule has 1 saturated heterocycles. The summed E-state index contributed by atoms with van der Waals surface area (Å²) in [6.45, 7) is 3.69. The third-order valence-electron chi connectivity index (χ3n) is 3.45. The van der Waals surface area contributed by atoms with Crippen LogP contribution in [0.4, 0.5) is 0 Å². The van der Waals surface area contributed by atoms with Crippen LogP contribution in [0.3, 0.4) is 0 Å². The van der Waals surface area contributed by atoms with Crippen molar-refractivity contribution < 1.29 is 4.79 Å². The Labute approximate surface area is 115 Å². The molecule has 1 aliphatic rings. The van der Waals surface area contributed by atoms with Gasteiger partial charge < -0.3 is 9.47 Å². The first-order chi connectivity index (χ1) is 8.49. The molecule has 0 aromatic carbocycles. The lowest BCUT2D eigenvalue weighted by molar-refractivity contribution is 0.0694. The van der Waals surface area contributed by atoms with Gasteiger partial charge in [-0.1, -0.05) is 6.92 Å². The molecule has 98 valence electrons. The Morgan fingerprint density at radius 2 is 2.00 bits per heavy atom. The number of likely N-dealkylation sites (tertiary alicyclic amines) is 1. The molecule has 1 amide bonds. The summed E-state index contributed by atoms with van der Waals surface area (Å²) in [4.78, 5) is 26.1. The van der Waals surface area contributed by atoms with Crippen molar-refractivity contribution in [2.24, 2.45) is 13.0 Å². The van der Waals surface area contributed by atoms with Crippen LogP contribution in [-0.4, -0.2) is 28.5 Å². The Morgan fingerprint density at radius 1 is 1.39 bits per heavy atom. The Balaban J connectivity index is 2.26. The quantitative estimate of drug-likeness (QED) is 0.796. The van der Waals surface area contributed by atoms with Crippen molar-refractivity contribution in [3.8, 4) is 0 Å². The largest absolute Gasteiger partial charge is 0.338 e. The van der Waals surface area contributed by atoms with Gasteiger partial charge in [-0.25, -0.2) is 0 Å². The number of piperidine rings is 1. The van der Waals surface area contributed by atoms with Gasteiger partial charge in [-0.3, -0.25) is 9.59 Å². The minimum atomic E-state index is -0.234. The summed E-state index contributed by atoms with van der Waals surface area (Å²) in [7, 11) is 1.65. The zero-order valence-corrected chi connectivity index (χ0v) is 12.2. The predicted molar refractivity (Wildman–Crippen MR) is 73.7 cm³/mol. The minimum absolute atomic E-state index is 0.149. The van der Waals surface area contributed by atoms with Crippen molar-refractivity contribution in [2.75, 3.05) is 13.1 Å². The van der Waals surface area contributed by atoms with Crippen LogP contribution in [0, 0.1) is 5.92 Å². The molecule has 1 aliphatic heterocycles. The molecule has 0 aliphatic carbocycles. The number of aromatic nitrogens is 1. The molecule has 0 unspecified atom stereocenters. The molecule has 5 heteroatoms. The highest BCUT2D eigenvalue weighted by atomic mass is 79.9. The Kier molecular flexibility index (Phi) is 3.90. The molecular weight excluding hydrogens is 296 g/mol. The Morgan fingerprint density at radius 3 is 2.61 bits per heavy atom. The van der Waals surface area contributed by atoms with Gasteiger partial charge in [-0.2, -0.15) is 0 Å². The van der Waals surface area contributed by atoms with E-state index in [4.69, 9.17) is 0 Å². The van der Waals surface area contributed by atoms with Crippen LogP contribution in [0.5, 0.6) is 0 Å². The summed E-state index contributed by atoms with van der Waals surface area (Å²) in [5.41, 5.74) is 0.0169. The van der Waals surface area contributed by atoms with E-state index in [9.17, 15) is 9.59 Å². The van der Waals surface area contributed by atoms with Gasteiger partial charge in [0.1, 0.15) is 5.56 Å². The summed E-state index contributed by atoms with van der Waals surface area (Å²) in [5, 5.41) is 0. The number of rotatable bonds is 1. The molecule has 2 heterocycles. The summed E-state index contributed by atoms with van der Waals surface area (Å²) in [5.74, 6) is 0.517. The predicted octanol–water partition coefficient (Wildman–Crippen LogP) is 2.02. The highest BCUT2D eigenvalue weighted by Gasteiger charge is 2.23. The maximum atomic E-state index is 12.3. The maximum absolute atomic E-state index is 12.3. The number of carbonyl (C=O) groups excluding carboxylic acids is 1. The van der Waals surface area contributed by atoms with Gasteiger partial charge in [0.05, 0.1) is 0 Å². The molecule has 0 saturated carbocycles. The fourth-order valence-electron chi connectivity index (χ4n) is 2.21. The van der Waals surface area contributed by atoms with E-state index >= 15 is 0 Å². The molecule has 0 atom stereocenters. The first-order valence-corrected chi connectivity index (χ1v) is 6.94. The van der Waals surface area contributed by atoms with Gasteiger partial charge in [-0.15, -0.1) is 0 Å². The highest BCUT2D eigenvalue weighted by Crippen LogP contribution is 2.18. The van der Waals surface area contributed by atoms with E-state index in [0.717, 1.165) is 30.4 Å². The van der Waals surface area contributed by atoms with Crippen molar-refractivity contribution in [3.63, 3.8) is 0 Å². The molecule has 4 nitrogen and oxygen atoms in total. The molecule has 0 N–H and O–H groups in total. The summed E-state index contributed by atoms with van der Waals surface area (Å²) in [6.07, 6.45) is 3.69. The fourth-order valence-corrected chi connectivity index (χ4v) is 2.74. The highest BCUT2D eigenvalue weighted by molar-refractivity contribution is 9.10. The average molecular weight is 313 g/mol. The number of hydrogen-bond donors (Lipinski definition) is 0. The number of aryl methyl sites for hydroxylation is 1. The van der Waals surface area contributed by atoms with Crippen molar-refractivity contribution in [1.29, 1.82) is 0 Å². The fraction of sp³-hybridized carbons (Fsp3) is 0.538. The third-order valence-corrected chi connectivity index (χ3v) is 3.88. The van der Waals surface area contributed by atoms with Gasteiger partial charge in [0.2, 0.25) is 0 Å². The monoisotopic (exact) mass is 312 g/mol. The van der Waals surface area contributed by atoms with E-state index in [2.05, 4.69) is 22.9 Å². The van der Waals surface area contributed by atoms with E-state index < -0.39 is 0 Å². The van der Waals surface area contributed by atoms with Crippen molar-refractivity contribution in [2.45, 2.75) is 19.8 Å². The topological polar surface area (TPSA) is 42.3 Å². The first-order valence-electron chi connectivity index (χ1n) is 6.14. The molecule has 1 aromatic heterocycles. The maximum Gasteiger partial charge on any atom is 0.263 e. The van der Waals surface area contributed by atoms with Gasteiger partial charge in [0.15, 0.2) is 0 Å². The molecule has 18 heavy (non-hydrogen) atoms. The van der Waals surface area contributed by atoms with Crippen LogP contribution in [0.2, 0.25) is 0 Å². The van der Waals surface area contributed by atoms with Crippen LogP contribution in [-0.2, 0) is 7.05 Å². The second-order valence-corrected chi connectivity index (χ2v) is 5.88. The number of halogens is 1. The van der Waals surface area contributed by atoms with E-state index in [1.807, 2.05) is 0 Å². The zero-order valence-electron chi connectivity index (χ0n) is 10.6. The summed E-state index contributed by atoms with van der Waals surface area (Å²) in [6, 6.07) is 1.61. The van der Waals surface area contributed by atoms with E-state index in [1.165, 1.54) is 4.57 Å². The van der Waals surface area contributed by atoms with Crippen molar-refractivity contribution in [3.05, 3.63) is 32.7 Å². The van der Waals surface area contributed by atoms with Crippen LogP contribution in [0.1, 0.15) is 30.1 Å². The van der Waals surface area contributed by atoms with E-state index in [0.29, 0.717) is 5.92 Å². The smallest absolute Gasteiger partial charge is 0.263 e. The Bertz CT molecular complexity index is 516. The number of pyridine rings is 1. The second kappa shape index (κ2) is 5.26. The molecule has 0 spiro atoms. The van der Waals surface area contributed by atoms with Gasteiger partial charge in [-0.05, 0) is 40.8 Å². The first kappa shape index (κ1) is 13.3. The zero-order chi connectivity index (χ0) is 13.3. The molecule has 2 rings (SSSR count). The normalized spacial score (nSPS) is 16.9. The standard InChI is InChI=1S/C13H17BrN2O2/c1-9-3-5-16(6-4-9)13(18)11-7-10(14)8-15(2)12(11)17/h7-9H,3-6H2,1-2H3. The van der Waals surface area contributed by atoms with Gasteiger partial charge in [0.25, 0.3) is 11.5 Å². The number of amides is 1. The summed E-state index contributed by atoms with van der Waals surface area (Å²) >= 11 is 3.32. The minimum Gasteiger partial charge on any atom is -0.338 e. The SMILES string of the molecule is CC1CCN(C(=O)c2cc(Br)cn(C)c2=O)CC1. The lowest BCUT2D eigenvalue weighted by Crippen LogP contribution is -2.40. The lowest BCUT2D eigenvalue weighted by Gasteiger charge is -2.30. The van der Waals surface area contributed by atoms with E-state index in [1.54, 1.807) is 24.2 Å². The summed E-state index contributed by atoms with van der Waals surface area (Å²) < 4.78 is 2.18. The molecule has 1 aromatic rings.